The van der Waals surface area contributed by atoms with Crippen molar-refractivity contribution in [2.24, 2.45) is 0 Å². The first kappa shape index (κ1) is 11.6. The van der Waals surface area contributed by atoms with Crippen molar-refractivity contribution in [2.75, 3.05) is 0 Å². The maximum atomic E-state index is 13.2. The quantitative estimate of drug-likeness (QED) is 0.692. The fraction of sp³-hybridized carbons (Fsp3) is 0.300. The average Bonchev–Trinajstić information content (AvgIpc) is 2.17. The van der Waals surface area contributed by atoms with E-state index in [2.05, 4.69) is 0 Å². The number of aliphatic hydroxyl groups excluding tert-OH is 1. The van der Waals surface area contributed by atoms with Gasteiger partial charge < -0.3 is 15.3 Å². The van der Waals surface area contributed by atoms with Crippen LogP contribution in [0.2, 0.25) is 0 Å². The first-order valence-electron chi connectivity index (χ1n) is 4.25. The minimum Gasteiger partial charge on any atom is -0.479 e. The molecule has 2 atom stereocenters. The maximum absolute atomic E-state index is 13.2. The normalized spacial score (nSPS) is 16.8. The summed E-state index contributed by atoms with van der Waals surface area (Å²) in [6, 6.07) is 5.15. The van der Waals surface area contributed by atoms with E-state index in [0.29, 0.717) is 0 Å². The van der Waals surface area contributed by atoms with Gasteiger partial charge in [-0.3, -0.25) is 0 Å². The number of hydrogen-bond donors (Lipinski definition) is 3. The fourth-order valence-corrected chi connectivity index (χ4v) is 1.12. The maximum Gasteiger partial charge on any atom is 0.338 e. The Morgan fingerprint density at radius 1 is 1.47 bits per heavy atom. The first-order valence-corrected chi connectivity index (χ1v) is 4.25. The van der Waals surface area contributed by atoms with Gasteiger partial charge in [0.25, 0.3) is 0 Å². The Balaban J connectivity index is 3.10. The van der Waals surface area contributed by atoms with Crippen LogP contribution in [-0.2, 0) is 4.79 Å². The standard InChI is InChI=1S/C10H11FO4/c1-10(15,9(13)14)8(12)6-4-2-3-5-7(6)11/h2-5,8,12,15H,1H3,(H,13,14)/t8-,10+/m1/s1. The number of aliphatic carboxylic acids is 1. The highest BCUT2D eigenvalue weighted by Gasteiger charge is 2.40. The fourth-order valence-electron chi connectivity index (χ4n) is 1.12. The molecule has 0 unspecified atom stereocenters. The second kappa shape index (κ2) is 3.96. The molecule has 0 radical (unpaired) electrons. The number of aliphatic hydroxyl groups is 2. The highest BCUT2D eigenvalue weighted by molar-refractivity contribution is 5.77. The van der Waals surface area contributed by atoms with E-state index in [1.807, 2.05) is 0 Å². The third-order valence-corrected chi connectivity index (χ3v) is 2.17. The Morgan fingerprint density at radius 2 is 2.00 bits per heavy atom. The van der Waals surface area contributed by atoms with E-state index < -0.39 is 23.5 Å². The first-order chi connectivity index (χ1) is 6.87. The molecule has 1 aromatic carbocycles. The molecule has 0 aliphatic rings. The van der Waals surface area contributed by atoms with Crippen LogP contribution in [0.5, 0.6) is 0 Å². The molecule has 0 aliphatic carbocycles. The Hall–Kier alpha value is -1.46. The van der Waals surface area contributed by atoms with Crippen LogP contribution < -0.4 is 0 Å². The van der Waals surface area contributed by atoms with Crippen LogP contribution in [0.1, 0.15) is 18.6 Å². The van der Waals surface area contributed by atoms with Gasteiger partial charge in [0.2, 0.25) is 0 Å². The van der Waals surface area contributed by atoms with Gasteiger partial charge in [0, 0.05) is 5.56 Å². The second-order valence-electron chi connectivity index (χ2n) is 3.38. The smallest absolute Gasteiger partial charge is 0.338 e. The van der Waals surface area contributed by atoms with Crippen molar-refractivity contribution in [3.63, 3.8) is 0 Å². The molecule has 0 bridgehead atoms. The van der Waals surface area contributed by atoms with Crippen LogP contribution in [0, 0.1) is 5.82 Å². The molecule has 0 spiro atoms. The molecule has 4 nitrogen and oxygen atoms in total. The summed E-state index contributed by atoms with van der Waals surface area (Å²) in [4.78, 5) is 10.6. The molecule has 0 heterocycles. The predicted octanol–water partition coefficient (Wildman–Crippen LogP) is 0.695. The van der Waals surface area contributed by atoms with E-state index in [-0.39, 0.29) is 5.56 Å². The molecule has 1 rings (SSSR count). The molecule has 0 saturated carbocycles. The minimum atomic E-state index is -2.41. The van der Waals surface area contributed by atoms with Crippen molar-refractivity contribution in [1.82, 2.24) is 0 Å². The van der Waals surface area contributed by atoms with Crippen LogP contribution >= 0.6 is 0 Å². The highest BCUT2D eigenvalue weighted by atomic mass is 19.1. The summed E-state index contributed by atoms with van der Waals surface area (Å²) < 4.78 is 13.2. The number of benzene rings is 1. The molecular weight excluding hydrogens is 203 g/mol. The summed E-state index contributed by atoms with van der Waals surface area (Å²) in [5, 5.41) is 27.6. The van der Waals surface area contributed by atoms with Crippen LogP contribution in [0.25, 0.3) is 0 Å². The Bertz CT molecular complexity index is 375. The van der Waals surface area contributed by atoms with Crippen molar-refractivity contribution in [3.05, 3.63) is 35.6 Å². The molecule has 0 fully saturated rings. The van der Waals surface area contributed by atoms with Gasteiger partial charge in [-0.2, -0.15) is 0 Å². The van der Waals surface area contributed by atoms with Crippen LogP contribution in [0.15, 0.2) is 24.3 Å². The molecule has 82 valence electrons. The van der Waals surface area contributed by atoms with Crippen molar-refractivity contribution in [1.29, 1.82) is 0 Å². The van der Waals surface area contributed by atoms with Crippen LogP contribution in [0.4, 0.5) is 4.39 Å². The van der Waals surface area contributed by atoms with Gasteiger partial charge in [-0.25, -0.2) is 9.18 Å². The number of carboxylic acid groups (broad SMARTS) is 1. The molecule has 0 saturated heterocycles. The van der Waals surface area contributed by atoms with Gasteiger partial charge >= 0.3 is 5.97 Å². The van der Waals surface area contributed by atoms with Gasteiger partial charge in [-0.05, 0) is 13.0 Å². The van der Waals surface area contributed by atoms with E-state index >= 15 is 0 Å². The van der Waals surface area contributed by atoms with Gasteiger partial charge in [0.05, 0.1) is 0 Å². The summed E-state index contributed by atoms with van der Waals surface area (Å²) in [7, 11) is 0. The van der Waals surface area contributed by atoms with E-state index in [1.165, 1.54) is 18.2 Å². The Labute approximate surface area is 85.6 Å². The molecule has 0 amide bonds. The lowest BCUT2D eigenvalue weighted by molar-refractivity contribution is -0.169. The highest BCUT2D eigenvalue weighted by Crippen LogP contribution is 2.27. The van der Waals surface area contributed by atoms with Gasteiger partial charge in [0.1, 0.15) is 11.9 Å². The molecule has 0 aromatic heterocycles. The number of carboxylic acids is 1. The van der Waals surface area contributed by atoms with Crippen LogP contribution in [0.3, 0.4) is 0 Å². The lowest BCUT2D eigenvalue weighted by atomic mass is 9.93. The van der Waals surface area contributed by atoms with Crippen LogP contribution in [-0.4, -0.2) is 26.9 Å². The lowest BCUT2D eigenvalue weighted by Gasteiger charge is -2.24. The van der Waals surface area contributed by atoms with Gasteiger partial charge in [-0.15, -0.1) is 0 Å². The molecule has 1 aromatic rings. The Kier molecular flexibility index (Phi) is 3.06. The van der Waals surface area contributed by atoms with Gasteiger partial charge in [-0.1, -0.05) is 18.2 Å². The summed E-state index contributed by atoms with van der Waals surface area (Å²) in [5.41, 5.74) is -2.66. The number of rotatable bonds is 3. The largest absolute Gasteiger partial charge is 0.479 e. The Morgan fingerprint density at radius 3 is 2.47 bits per heavy atom. The molecule has 15 heavy (non-hydrogen) atoms. The van der Waals surface area contributed by atoms with Gasteiger partial charge in [0.15, 0.2) is 5.60 Å². The summed E-state index contributed by atoms with van der Waals surface area (Å²) in [6.45, 7) is 0.909. The molecular formula is C10H11FO4. The second-order valence-corrected chi connectivity index (χ2v) is 3.38. The van der Waals surface area contributed by atoms with E-state index in [4.69, 9.17) is 5.11 Å². The number of hydrogen-bond acceptors (Lipinski definition) is 3. The number of carbonyl (C=O) groups is 1. The lowest BCUT2D eigenvalue weighted by Crippen LogP contribution is -2.41. The predicted molar refractivity (Wildman–Crippen MR) is 49.6 cm³/mol. The number of halogens is 1. The van der Waals surface area contributed by atoms with E-state index in [0.717, 1.165) is 13.0 Å². The van der Waals surface area contributed by atoms with E-state index in [1.54, 1.807) is 0 Å². The third kappa shape index (κ3) is 2.14. The molecule has 3 N–H and O–H groups in total. The third-order valence-electron chi connectivity index (χ3n) is 2.17. The monoisotopic (exact) mass is 214 g/mol. The zero-order chi connectivity index (χ0) is 11.6. The molecule has 0 aliphatic heterocycles. The summed E-state index contributed by atoms with van der Waals surface area (Å²) >= 11 is 0. The summed E-state index contributed by atoms with van der Waals surface area (Å²) in [5.74, 6) is -2.37. The van der Waals surface area contributed by atoms with Crippen molar-refractivity contribution >= 4 is 5.97 Å². The topological polar surface area (TPSA) is 77.8 Å². The summed E-state index contributed by atoms with van der Waals surface area (Å²) in [6.07, 6.45) is -1.81. The zero-order valence-electron chi connectivity index (χ0n) is 8.01. The minimum absolute atomic E-state index is 0.245. The SMILES string of the molecule is C[C@@](O)(C(=O)O)[C@H](O)c1ccccc1F. The van der Waals surface area contributed by atoms with Crippen molar-refractivity contribution < 1.29 is 24.5 Å². The zero-order valence-corrected chi connectivity index (χ0v) is 8.01. The average molecular weight is 214 g/mol. The molecule has 5 heteroatoms. The van der Waals surface area contributed by atoms with Crippen molar-refractivity contribution in [3.8, 4) is 0 Å². The van der Waals surface area contributed by atoms with E-state index in [9.17, 15) is 19.4 Å². The van der Waals surface area contributed by atoms with Crippen molar-refractivity contribution in [2.45, 2.75) is 18.6 Å².